The summed E-state index contributed by atoms with van der Waals surface area (Å²) in [5.41, 5.74) is 0. The first-order chi connectivity index (χ1) is 11.5. The molecule has 1 atom stereocenters. The summed E-state index contributed by atoms with van der Waals surface area (Å²) < 4.78 is -0.459. The smallest absolute Gasteiger partial charge is 0.243 e. The molecule has 7 nitrogen and oxygen atoms in total. The molecule has 24 heavy (non-hydrogen) atoms. The molecule has 2 fully saturated rings. The Kier molecular flexibility index (Phi) is 4.93. The molecular formula is C16H23N5O2S. The van der Waals surface area contributed by atoms with Gasteiger partial charge in [0.1, 0.15) is 11.9 Å². The van der Waals surface area contributed by atoms with Crippen molar-refractivity contribution in [3.8, 4) is 0 Å². The Hall–Kier alpha value is -1.83. The maximum atomic E-state index is 12.4. The Labute approximate surface area is 146 Å². The first-order valence-electron chi connectivity index (χ1n) is 8.22. The summed E-state index contributed by atoms with van der Waals surface area (Å²) in [7, 11) is 0. The van der Waals surface area contributed by atoms with Crippen LogP contribution in [-0.4, -0.2) is 57.5 Å². The van der Waals surface area contributed by atoms with Gasteiger partial charge in [-0.3, -0.25) is 14.6 Å². The van der Waals surface area contributed by atoms with Crippen LogP contribution in [0.2, 0.25) is 0 Å². The van der Waals surface area contributed by atoms with Gasteiger partial charge >= 0.3 is 0 Å². The number of hydrogen-bond donors (Lipinski definition) is 2. The van der Waals surface area contributed by atoms with E-state index in [9.17, 15) is 9.59 Å². The van der Waals surface area contributed by atoms with Gasteiger partial charge < -0.3 is 15.5 Å². The standard InChI is InChI=1S/C16H23N5O2S/c1-16(2)15(23)20-12(10-24-16)14(22)19-11-3-7-21(8-4-11)13-9-17-5-6-18-13/h5-6,9,11-12H,3-4,7-8,10H2,1-2H3,(H,19,22)(H,20,23). The van der Waals surface area contributed by atoms with Gasteiger partial charge in [0.15, 0.2) is 0 Å². The van der Waals surface area contributed by atoms with Crippen LogP contribution in [0.15, 0.2) is 18.6 Å². The summed E-state index contributed by atoms with van der Waals surface area (Å²) in [6, 6.07) is -0.296. The Bertz CT molecular complexity index is 602. The molecule has 2 aliphatic heterocycles. The second kappa shape index (κ2) is 6.96. The number of hydrogen-bond acceptors (Lipinski definition) is 6. The van der Waals surface area contributed by atoms with E-state index in [1.807, 2.05) is 13.8 Å². The maximum absolute atomic E-state index is 12.4. The van der Waals surface area contributed by atoms with Gasteiger partial charge in [-0.25, -0.2) is 4.98 Å². The molecular weight excluding hydrogens is 326 g/mol. The average molecular weight is 349 g/mol. The molecule has 8 heteroatoms. The molecule has 3 rings (SSSR count). The summed E-state index contributed by atoms with van der Waals surface area (Å²) in [5.74, 6) is 1.34. The van der Waals surface area contributed by atoms with Crippen molar-refractivity contribution in [2.75, 3.05) is 23.7 Å². The predicted octanol–water partition coefficient (Wildman–Crippen LogP) is 0.572. The topological polar surface area (TPSA) is 87.2 Å². The highest BCUT2D eigenvalue weighted by atomic mass is 32.2. The fraction of sp³-hybridized carbons (Fsp3) is 0.625. The van der Waals surface area contributed by atoms with Gasteiger partial charge in [-0.15, -0.1) is 11.8 Å². The van der Waals surface area contributed by atoms with Crippen LogP contribution >= 0.6 is 11.8 Å². The molecule has 0 aromatic carbocycles. The third kappa shape index (κ3) is 3.80. The molecule has 0 saturated carbocycles. The predicted molar refractivity (Wildman–Crippen MR) is 93.9 cm³/mol. The van der Waals surface area contributed by atoms with E-state index in [1.165, 1.54) is 11.8 Å². The number of thioether (sulfide) groups is 1. The molecule has 130 valence electrons. The van der Waals surface area contributed by atoms with E-state index < -0.39 is 10.8 Å². The molecule has 2 aliphatic rings. The van der Waals surface area contributed by atoms with Crippen molar-refractivity contribution in [3.05, 3.63) is 18.6 Å². The number of carbonyl (C=O) groups excluding carboxylic acids is 2. The van der Waals surface area contributed by atoms with Crippen LogP contribution in [0.4, 0.5) is 5.82 Å². The molecule has 1 aromatic heterocycles. The van der Waals surface area contributed by atoms with Crippen LogP contribution in [0, 0.1) is 0 Å². The van der Waals surface area contributed by atoms with E-state index in [-0.39, 0.29) is 17.9 Å². The molecule has 0 spiro atoms. The molecule has 0 aliphatic carbocycles. The molecule has 3 heterocycles. The van der Waals surface area contributed by atoms with Crippen molar-refractivity contribution in [2.24, 2.45) is 0 Å². The highest BCUT2D eigenvalue weighted by Crippen LogP contribution is 2.29. The number of piperidine rings is 1. The van der Waals surface area contributed by atoms with Crippen LogP contribution in [0.1, 0.15) is 26.7 Å². The lowest BCUT2D eigenvalue weighted by molar-refractivity contribution is -0.130. The first kappa shape index (κ1) is 17.0. The normalized spacial score (nSPS) is 24.3. The zero-order chi connectivity index (χ0) is 17.2. The lowest BCUT2D eigenvalue weighted by Gasteiger charge is -2.36. The third-order valence-electron chi connectivity index (χ3n) is 4.49. The monoisotopic (exact) mass is 349 g/mol. The van der Waals surface area contributed by atoms with Gasteiger partial charge in [0.05, 0.1) is 10.9 Å². The Morgan fingerprint density at radius 3 is 2.75 bits per heavy atom. The lowest BCUT2D eigenvalue weighted by atomic mass is 10.0. The number of rotatable bonds is 3. The number of aromatic nitrogens is 2. The van der Waals surface area contributed by atoms with Crippen LogP contribution in [-0.2, 0) is 9.59 Å². The molecule has 0 radical (unpaired) electrons. The highest BCUT2D eigenvalue weighted by Gasteiger charge is 2.38. The number of anilines is 1. The van der Waals surface area contributed by atoms with E-state index in [1.54, 1.807) is 18.6 Å². The van der Waals surface area contributed by atoms with E-state index in [0.717, 1.165) is 31.7 Å². The Morgan fingerprint density at radius 1 is 1.38 bits per heavy atom. The summed E-state index contributed by atoms with van der Waals surface area (Å²) in [4.78, 5) is 35.0. The minimum Gasteiger partial charge on any atom is -0.355 e. The zero-order valence-corrected chi connectivity index (χ0v) is 14.8. The van der Waals surface area contributed by atoms with E-state index >= 15 is 0 Å². The second-order valence-corrected chi connectivity index (χ2v) is 8.32. The minimum absolute atomic E-state index is 0.0728. The van der Waals surface area contributed by atoms with Crippen molar-refractivity contribution < 1.29 is 9.59 Å². The molecule has 1 aromatic rings. The number of nitrogens with one attached hydrogen (secondary N) is 2. The minimum atomic E-state index is -0.459. The lowest BCUT2D eigenvalue weighted by Crippen LogP contribution is -2.59. The molecule has 1 unspecified atom stereocenters. The second-order valence-electron chi connectivity index (χ2n) is 6.68. The van der Waals surface area contributed by atoms with E-state index in [4.69, 9.17) is 0 Å². The van der Waals surface area contributed by atoms with Gasteiger partial charge in [0.25, 0.3) is 0 Å². The van der Waals surface area contributed by atoms with Gasteiger partial charge in [0.2, 0.25) is 11.8 Å². The van der Waals surface area contributed by atoms with Crippen molar-refractivity contribution in [3.63, 3.8) is 0 Å². The van der Waals surface area contributed by atoms with Crippen LogP contribution in [0.5, 0.6) is 0 Å². The van der Waals surface area contributed by atoms with Gasteiger partial charge in [-0.2, -0.15) is 0 Å². The van der Waals surface area contributed by atoms with Gasteiger partial charge in [0, 0.05) is 37.3 Å². The van der Waals surface area contributed by atoms with Gasteiger partial charge in [-0.1, -0.05) is 0 Å². The zero-order valence-electron chi connectivity index (χ0n) is 14.0. The summed E-state index contributed by atoms with van der Waals surface area (Å²) >= 11 is 1.53. The summed E-state index contributed by atoms with van der Waals surface area (Å²) in [6.45, 7) is 5.43. The fourth-order valence-electron chi connectivity index (χ4n) is 2.88. The maximum Gasteiger partial charge on any atom is 0.243 e. The van der Waals surface area contributed by atoms with Gasteiger partial charge in [-0.05, 0) is 26.7 Å². The van der Waals surface area contributed by atoms with E-state index in [2.05, 4.69) is 25.5 Å². The number of amides is 2. The highest BCUT2D eigenvalue weighted by molar-refractivity contribution is 8.01. The van der Waals surface area contributed by atoms with Crippen LogP contribution in [0.25, 0.3) is 0 Å². The fourth-order valence-corrected chi connectivity index (χ4v) is 3.89. The first-order valence-corrected chi connectivity index (χ1v) is 9.20. The van der Waals surface area contributed by atoms with Crippen LogP contribution < -0.4 is 15.5 Å². The largest absolute Gasteiger partial charge is 0.355 e. The Balaban J connectivity index is 1.48. The molecule has 2 amide bonds. The van der Waals surface area contributed by atoms with Crippen LogP contribution in [0.3, 0.4) is 0 Å². The van der Waals surface area contributed by atoms with Crippen molar-refractivity contribution in [1.29, 1.82) is 0 Å². The van der Waals surface area contributed by atoms with Crippen molar-refractivity contribution in [2.45, 2.75) is 43.5 Å². The van der Waals surface area contributed by atoms with Crippen molar-refractivity contribution >= 4 is 29.4 Å². The molecule has 0 bridgehead atoms. The van der Waals surface area contributed by atoms with Crippen molar-refractivity contribution in [1.82, 2.24) is 20.6 Å². The Morgan fingerprint density at radius 2 is 2.12 bits per heavy atom. The number of nitrogens with zero attached hydrogens (tertiary/aromatic N) is 3. The SMILES string of the molecule is CC1(C)SCC(C(=O)NC2CCN(c3cnccn3)CC2)NC1=O. The molecule has 2 N–H and O–H groups in total. The third-order valence-corrected chi connectivity index (χ3v) is 5.90. The van der Waals surface area contributed by atoms with E-state index in [0.29, 0.717) is 5.75 Å². The molecule has 2 saturated heterocycles. The summed E-state index contributed by atoms with van der Waals surface area (Å²) in [6.07, 6.45) is 6.83. The summed E-state index contributed by atoms with van der Waals surface area (Å²) in [5, 5.41) is 5.91. The average Bonchev–Trinajstić information content (AvgIpc) is 2.59. The number of carbonyl (C=O) groups is 2. The quantitative estimate of drug-likeness (QED) is 0.830.